The normalized spacial score (nSPS) is 17.3. The first-order chi connectivity index (χ1) is 12.4. The zero-order chi connectivity index (χ0) is 19.1. The van der Waals surface area contributed by atoms with Crippen LogP contribution in [0.2, 0.25) is 0 Å². The van der Waals surface area contributed by atoms with E-state index in [0.717, 1.165) is 12.0 Å². The average Bonchev–Trinajstić information content (AvgIpc) is 2.97. The molecule has 26 heavy (non-hydrogen) atoms. The maximum absolute atomic E-state index is 12.2. The number of hydrogen-bond acceptors (Lipinski definition) is 4. The lowest BCUT2D eigenvalue weighted by Crippen LogP contribution is -2.33. The van der Waals surface area contributed by atoms with Gasteiger partial charge in [-0.2, -0.15) is 0 Å². The summed E-state index contributed by atoms with van der Waals surface area (Å²) in [6.07, 6.45) is 6.01. The number of esters is 1. The SMILES string of the molecule is COC(=O)c1ccc(CCN2C(=O)CC[C@@H]2C=CC(=O)CC(C)C)cc1. The first kappa shape index (κ1) is 19.9. The fourth-order valence-electron chi connectivity index (χ4n) is 3.11. The van der Waals surface area contributed by atoms with Gasteiger partial charge in [-0.05, 0) is 42.5 Å². The first-order valence-electron chi connectivity index (χ1n) is 9.08. The second kappa shape index (κ2) is 9.32. The molecule has 1 heterocycles. The van der Waals surface area contributed by atoms with Crippen molar-refractivity contribution in [2.75, 3.05) is 13.7 Å². The summed E-state index contributed by atoms with van der Waals surface area (Å²) in [6, 6.07) is 7.21. The molecule has 0 unspecified atom stereocenters. The minimum atomic E-state index is -0.359. The molecule has 1 amide bonds. The molecule has 0 N–H and O–H groups in total. The number of likely N-dealkylation sites (tertiary alicyclic amines) is 1. The lowest BCUT2D eigenvalue weighted by atomic mass is 10.1. The fourth-order valence-corrected chi connectivity index (χ4v) is 3.11. The van der Waals surface area contributed by atoms with Crippen LogP contribution >= 0.6 is 0 Å². The number of carbonyl (C=O) groups is 3. The molecular weight excluding hydrogens is 330 g/mol. The highest BCUT2D eigenvalue weighted by atomic mass is 16.5. The molecule has 5 nitrogen and oxygen atoms in total. The molecular formula is C21H27NO4. The molecule has 0 saturated carbocycles. The minimum Gasteiger partial charge on any atom is -0.465 e. The van der Waals surface area contributed by atoms with Crippen LogP contribution in [0.5, 0.6) is 0 Å². The number of amides is 1. The molecule has 0 aliphatic carbocycles. The highest BCUT2D eigenvalue weighted by Gasteiger charge is 2.28. The second-order valence-corrected chi connectivity index (χ2v) is 7.06. The smallest absolute Gasteiger partial charge is 0.337 e. The lowest BCUT2D eigenvalue weighted by Gasteiger charge is -2.22. The Morgan fingerprint density at radius 2 is 1.96 bits per heavy atom. The van der Waals surface area contributed by atoms with Gasteiger partial charge in [0.1, 0.15) is 0 Å². The number of methoxy groups -OCH3 is 1. The summed E-state index contributed by atoms with van der Waals surface area (Å²) in [5, 5.41) is 0. The van der Waals surface area contributed by atoms with E-state index in [1.165, 1.54) is 7.11 Å². The molecule has 1 saturated heterocycles. The van der Waals surface area contributed by atoms with Crippen LogP contribution in [0.4, 0.5) is 0 Å². The van der Waals surface area contributed by atoms with Crippen LogP contribution in [0.25, 0.3) is 0 Å². The summed E-state index contributed by atoms with van der Waals surface area (Å²) in [4.78, 5) is 37.3. The van der Waals surface area contributed by atoms with E-state index in [1.54, 1.807) is 18.2 Å². The maximum Gasteiger partial charge on any atom is 0.337 e. The van der Waals surface area contributed by atoms with Crippen LogP contribution in [0.1, 0.15) is 49.0 Å². The summed E-state index contributed by atoms with van der Waals surface area (Å²) in [6.45, 7) is 4.63. The molecule has 0 bridgehead atoms. The van der Waals surface area contributed by atoms with Crippen LogP contribution in [0.3, 0.4) is 0 Å². The van der Waals surface area contributed by atoms with Crippen LogP contribution in [0, 0.1) is 5.92 Å². The van der Waals surface area contributed by atoms with Crippen LogP contribution < -0.4 is 0 Å². The number of ether oxygens (including phenoxy) is 1. The van der Waals surface area contributed by atoms with Crippen molar-refractivity contribution < 1.29 is 19.1 Å². The Morgan fingerprint density at radius 3 is 2.58 bits per heavy atom. The standard InChI is InChI=1S/C21H27NO4/c1-15(2)14-19(23)10-8-18-9-11-20(24)22(18)13-12-16-4-6-17(7-5-16)21(25)26-3/h4-8,10,15,18H,9,11-14H2,1-3H3/t18-/m0/s1. The van der Waals surface area contributed by atoms with Gasteiger partial charge in [0.2, 0.25) is 5.91 Å². The summed E-state index contributed by atoms with van der Waals surface area (Å²) in [5.74, 6) is 0.212. The van der Waals surface area contributed by atoms with Crippen molar-refractivity contribution in [3.05, 3.63) is 47.5 Å². The third kappa shape index (κ3) is 5.55. The Kier molecular flexibility index (Phi) is 7.13. The Bertz CT molecular complexity index is 676. The Labute approximate surface area is 155 Å². The van der Waals surface area contributed by atoms with Crippen molar-refractivity contribution in [3.63, 3.8) is 0 Å². The summed E-state index contributed by atoms with van der Waals surface area (Å²) in [5.41, 5.74) is 1.56. The molecule has 1 aliphatic rings. The molecule has 1 aliphatic heterocycles. The Hall–Kier alpha value is -2.43. The fraction of sp³-hybridized carbons (Fsp3) is 0.476. The van der Waals surface area contributed by atoms with E-state index in [9.17, 15) is 14.4 Å². The van der Waals surface area contributed by atoms with Crippen molar-refractivity contribution in [2.45, 2.75) is 45.6 Å². The first-order valence-corrected chi connectivity index (χ1v) is 9.08. The monoisotopic (exact) mass is 357 g/mol. The molecule has 0 spiro atoms. The van der Waals surface area contributed by atoms with Gasteiger partial charge in [0.05, 0.1) is 18.7 Å². The molecule has 0 aromatic heterocycles. The lowest BCUT2D eigenvalue weighted by molar-refractivity contribution is -0.128. The van der Waals surface area contributed by atoms with Gasteiger partial charge in [-0.15, -0.1) is 0 Å². The number of benzene rings is 1. The number of ketones is 1. The zero-order valence-corrected chi connectivity index (χ0v) is 15.7. The van der Waals surface area contributed by atoms with Crippen molar-refractivity contribution in [1.82, 2.24) is 4.90 Å². The molecule has 2 rings (SSSR count). The molecule has 1 aromatic carbocycles. The van der Waals surface area contributed by atoms with Gasteiger partial charge >= 0.3 is 5.97 Å². The van der Waals surface area contributed by atoms with Crippen molar-refractivity contribution in [1.29, 1.82) is 0 Å². The van der Waals surface area contributed by atoms with Gasteiger partial charge in [-0.3, -0.25) is 9.59 Å². The van der Waals surface area contributed by atoms with Crippen molar-refractivity contribution in [2.24, 2.45) is 5.92 Å². The molecule has 1 fully saturated rings. The van der Waals surface area contributed by atoms with Gasteiger partial charge in [0.15, 0.2) is 5.78 Å². The average molecular weight is 357 g/mol. The maximum atomic E-state index is 12.2. The van der Waals surface area contributed by atoms with Gasteiger partial charge in [0, 0.05) is 19.4 Å². The van der Waals surface area contributed by atoms with E-state index in [-0.39, 0.29) is 23.7 Å². The second-order valence-electron chi connectivity index (χ2n) is 7.06. The predicted molar refractivity (Wildman–Crippen MR) is 99.8 cm³/mol. The van der Waals surface area contributed by atoms with Gasteiger partial charge < -0.3 is 9.64 Å². The third-order valence-corrected chi connectivity index (χ3v) is 4.50. The number of hydrogen-bond donors (Lipinski definition) is 0. The van der Waals surface area contributed by atoms with Crippen LogP contribution in [0.15, 0.2) is 36.4 Å². The highest BCUT2D eigenvalue weighted by Crippen LogP contribution is 2.21. The van der Waals surface area contributed by atoms with E-state index in [4.69, 9.17) is 0 Å². The molecule has 140 valence electrons. The van der Waals surface area contributed by atoms with Gasteiger partial charge in [-0.1, -0.05) is 32.1 Å². The number of allylic oxidation sites excluding steroid dienone is 1. The molecule has 5 heteroatoms. The molecule has 1 atom stereocenters. The zero-order valence-electron chi connectivity index (χ0n) is 15.7. The topological polar surface area (TPSA) is 63.7 Å². The van der Waals surface area contributed by atoms with E-state index in [2.05, 4.69) is 4.74 Å². The largest absolute Gasteiger partial charge is 0.465 e. The van der Waals surface area contributed by atoms with Gasteiger partial charge in [0.25, 0.3) is 0 Å². The summed E-state index contributed by atoms with van der Waals surface area (Å²) >= 11 is 0. The summed E-state index contributed by atoms with van der Waals surface area (Å²) in [7, 11) is 1.36. The number of rotatable bonds is 8. The number of carbonyl (C=O) groups excluding carboxylic acids is 3. The Morgan fingerprint density at radius 1 is 1.27 bits per heavy atom. The molecule has 0 radical (unpaired) electrons. The Balaban J connectivity index is 1.93. The van der Waals surface area contributed by atoms with Crippen LogP contribution in [-0.2, 0) is 20.7 Å². The van der Waals surface area contributed by atoms with E-state index in [1.807, 2.05) is 37.0 Å². The molecule has 1 aromatic rings. The van der Waals surface area contributed by atoms with Crippen molar-refractivity contribution in [3.8, 4) is 0 Å². The predicted octanol–water partition coefficient (Wildman–Crippen LogP) is 3.18. The van der Waals surface area contributed by atoms with E-state index < -0.39 is 0 Å². The van der Waals surface area contributed by atoms with Crippen LogP contribution in [-0.4, -0.2) is 42.3 Å². The van der Waals surface area contributed by atoms with E-state index in [0.29, 0.717) is 37.3 Å². The quantitative estimate of drug-likeness (QED) is 0.529. The van der Waals surface area contributed by atoms with Gasteiger partial charge in [-0.25, -0.2) is 4.79 Å². The minimum absolute atomic E-state index is 0.00652. The summed E-state index contributed by atoms with van der Waals surface area (Å²) < 4.78 is 4.69. The van der Waals surface area contributed by atoms with Crippen molar-refractivity contribution >= 4 is 17.7 Å². The number of nitrogens with zero attached hydrogens (tertiary/aromatic N) is 1. The highest BCUT2D eigenvalue weighted by molar-refractivity contribution is 5.90. The third-order valence-electron chi connectivity index (χ3n) is 4.50. The van der Waals surface area contributed by atoms with E-state index >= 15 is 0 Å².